The van der Waals surface area contributed by atoms with Crippen LogP contribution in [0.1, 0.15) is 11.4 Å². The third kappa shape index (κ3) is 4.03. The number of aromatic nitrogens is 3. The average Bonchev–Trinajstić information content (AvgIpc) is 2.83. The van der Waals surface area contributed by atoms with Gasteiger partial charge in [-0.2, -0.15) is 0 Å². The van der Waals surface area contributed by atoms with Crippen molar-refractivity contribution in [3.63, 3.8) is 0 Å². The highest BCUT2D eigenvalue weighted by Crippen LogP contribution is 2.28. The Morgan fingerprint density at radius 1 is 1.33 bits per heavy atom. The number of nitrogen functional groups attached to an aromatic ring is 1. The molecule has 0 unspecified atom stereocenters. The molecule has 21 heavy (non-hydrogen) atoms. The Labute approximate surface area is 132 Å². The summed E-state index contributed by atoms with van der Waals surface area (Å²) in [7, 11) is 3.23. The van der Waals surface area contributed by atoms with Crippen LogP contribution in [0.3, 0.4) is 0 Å². The molecule has 0 atom stereocenters. The van der Waals surface area contributed by atoms with Crippen LogP contribution in [0.25, 0.3) is 0 Å². The molecular formula is C13H17ClN4O2S. The molecule has 8 heteroatoms. The molecule has 114 valence electrons. The Balaban J connectivity index is 2.00. The topological polar surface area (TPSA) is 75.2 Å². The molecule has 0 aliphatic heterocycles. The molecule has 1 heterocycles. The van der Waals surface area contributed by atoms with E-state index in [1.54, 1.807) is 14.2 Å². The van der Waals surface area contributed by atoms with Gasteiger partial charge in [-0.05, 0) is 17.7 Å². The lowest BCUT2D eigenvalue weighted by molar-refractivity contribution is 0.200. The van der Waals surface area contributed by atoms with Crippen LogP contribution in [-0.2, 0) is 16.9 Å². The van der Waals surface area contributed by atoms with Crippen LogP contribution >= 0.6 is 23.4 Å². The number of nitrogens with zero attached hydrogens (tertiary/aromatic N) is 3. The number of nitrogens with two attached hydrogens (primary N) is 1. The van der Waals surface area contributed by atoms with Crippen molar-refractivity contribution < 1.29 is 9.47 Å². The maximum atomic E-state index is 6.10. The molecule has 0 radical (unpaired) electrons. The van der Waals surface area contributed by atoms with Gasteiger partial charge in [-0.1, -0.05) is 29.4 Å². The lowest BCUT2D eigenvalue weighted by Gasteiger charge is -2.06. The van der Waals surface area contributed by atoms with E-state index in [4.69, 9.17) is 26.9 Å². The molecular weight excluding hydrogens is 312 g/mol. The summed E-state index contributed by atoms with van der Waals surface area (Å²) in [4.78, 5) is 0. The van der Waals surface area contributed by atoms with Crippen LogP contribution in [0.4, 0.5) is 0 Å². The first-order valence-corrected chi connectivity index (χ1v) is 7.65. The Morgan fingerprint density at radius 3 is 2.81 bits per heavy atom. The smallest absolute Gasteiger partial charge is 0.210 e. The summed E-state index contributed by atoms with van der Waals surface area (Å²) < 4.78 is 11.6. The standard InChI is InChI=1S/C13H17ClN4O2S/c1-19-6-5-12-16-17-13(18(12)15)21-8-9-3-4-11(20-2)10(14)7-9/h3-4,7H,5-6,8,15H2,1-2H3. The van der Waals surface area contributed by atoms with Crippen LogP contribution in [0.5, 0.6) is 5.75 Å². The highest BCUT2D eigenvalue weighted by molar-refractivity contribution is 7.98. The number of hydrogen-bond acceptors (Lipinski definition) is 6. The van der Waals surface area contributed by atoms with Crippen molar-refractivity contribution >= 4 is 23.4 Å². The first-order chi connectivity index (χ1) is 10.2. The van der Waals surface area contributed by atoms with Gasteiger partial charge in [0, 0.05) is 19.3 Å². The van der Waals surface area contributed by atoms with Crippen molar-refractivity contribution in [1.82, 2.24) is 14.9 Å². The minimum atomic E-state index is 0.564. The van der Waals surface area contributed by atoms with Gasteiger partial charge in [0.2, 0.25) is 5.16 Å². The van der Waals surface area contributed by atoms with Gasteiger partial charge in [0.25, 0.3) is 0 Å². The molecule has 0 amide bonds. The monoisotopic (exact) mass is 328 g/mol. The molecule has 0 fully saturated rings. The Bertz CT molecular complexity index is 606. The summed E-state index contributed by atoms with van der Waals surface area (Å²) in [5.74, 6) is 8.01. The Kier molecular flexibility index (Phi) is 5.72. The highest BCUT2D eigenvalue weighted by atomic mass is 35.5. The fourth-order valence-electron chi connectivity index (χ4n) is 1.72. The van der Waals surface area contributed by atoms with Gasteiger partial charge < -0.3 is 15.3 Å². The molecule has 2 rings (SSSR count). The molecule has 0 bridgehead atoms. The number of ether oxygens (including phenoxy) is 2. The van der Waals surface area contributed by atoms with Crippen LogP contribution in [0, 0.1) is 0 Å². The number of thioether (sulfide) groups is 1. The predicted molar refractivity (Wildman–Crippen MR) is 83.3 cm³/mol. The van der Waals surface area contributed by atoms with Crippen molar-refractivity contribution in [2.45, 2.75) is 17.3 Å². The molecule has 1 aromatic heterocycles. The zero-order valence-corrected chi connectivity index (χ0v) is 13.4. The molecule has 2 aromatic rings. The van der Waals surface area contributed by atoms with Crippen molar-refractivity contribution in [2.24, 2.45) is 0 Å². The van der Waals surface area contributed by atoms with Crippen molar-refractivity contribution in [1.29, 1.82) is 0 Å². The van der Waals surface area contributed by atoms with E-state index in [0.717, 1.165) is 5.56 Å². The van der Waals surface area contributed by atoms with Gasteiger partial charge in [-0.3, -0.25) is 0 Å². The van der Waals surface area contributed by atoms with Crippen LogP contribution in [0.2, 0.25) is 5.02 Å². The maximum Gasteiger partial charge on any atom is 0.210 e. The van der Waals surface area contributed by atoms with Crippen molar-refractivity contribution in [3.8, 4) is 5.75 Å². The minimum absolute atomic E-state index is 0.564. The molecule has 1 aromatic carbocycles. The van der Waals surface area contributed by atoms with Crippen LogP contribution in [-0.4, -0.2) is 35.7 Å². The molecule has 0 saturated heterocycles. The van der Waals surface area contributed by atoms with E-state index in [9.17, 15) is 0 Å². The first-order valence-electron chi connectivity index (χ1n) is 6.29. The van der Waals surface area contributed by atoms with Gasteiger partial charge in [-0.25, -0.2) is 4.68 Å². The van der Waals surface area contributed by atoms with Gasteiger partial charge in [0.15, 0.2) is 5.82 Å². The lowest BCUT2D eigenvalue weighted by atomic mass is 10.2. The molecule has 2 N–H and O–H groups in total. The summed E-state index contributed by atoms with van der Waals surface area (Å²) in [5.41, 5.74) is 1.06. The quantitative estimate of drug-likeness (QED) is 0.620. The zero-order chi connectivity index (χ0) is 15.2. The van der Waals surface area contributed by atoms with E-state index in [-0.39, 0.29) is 0 Å². The first kappa shape index (κ1) is 15.9. The number of rotatable bonds is 7. The molecule has 0 saturated carbocycles. The summed E-state index contributed by atoms with van der Waals surface area (Å²) in [6.07, 6.45) is 0.634. The van der Waals surface area contributed by atoms with Crippen LogP contribution in [0.15, 0.2) is 23.4 Å². The largest absolute Gasteiger partial charge is 0.495 e. The second kappa shape index (κ2) is 7.53. The second-order valence-electron chi connectivity index (χ2n) is 4.27. The fourth-order valence-corrected chi connectivity index (χ4v) is 2.82. The number of benzene rings is 1. The lowest BCUT2D eigenvalue weighted by Crippen LogP contribution is -2.15. The summed E-state index contributed by atoms with van der Waals surface area (Å²) >= 11 is 7.60. The molecule has 6 nitrogen and oxygen atoms in total. The SMILES string of the molecule is COCCc1nnc(SCc2ccc(OC)c(Cl)c2)n1N. The predicted octanol–water partition coefficient (Wildman–Crippen LogP) is 2.14. The average molecular weight is 329 g/mol. The summed E-state index contributed by atoms with van der Waals surface area (Å²) in [5, 5.41) is 9.38. The fraction of sp³-hybridized carbons (Fsp3) is 0.385. The van der Waals surface area contributed by atoms with Crippen LogP contribution < -0.4 is 10.6 Å². The van der Waals surface area contributed by atoms with Gasteiger partial charge >= 0.3 is 0 Å². The molecule has 0 aliphatic rings. The van der Waals surface area contributed by atoms with Gasteiger partial charge in [-0.15, -0.1) is 10.2 Å². The Morgan fingerprint density at radius 2 is 2.14 bits per heavy atom. The number of hydrogen-bond donors (Lipinski definition) is 1. The van der Waals surface area contributed by atoms with E-state index in [1.165, 1.54) is 16.4 Å². The van der Waals surface area contributed by atoms with Gasteiger partial charge in [0.1, 0.15) is 5.75 Å². The normalized spacial score (nSPS) is 10.8. The highest BCUT2D eigenvalue weighted by Gasteiger charge is 2.10. The molecule has 0 aliphatic carbocycles. The van der Waals surface area contributed by atoms with E-state index in [2.05, 4.69) is 10.2 Å². The summed E-state index contributed by atoms with van der Waals surface area (Å²) in [6.45, 7) is 0.564. The van der Waals surface area contributed by atoms with E-state index < -0.39 is 0 Å². The second-order valence-corrected chi connectivity index (χ2v) is 5.62. The van der Waals surface area contributed by atoms with Gasteiger partial charge in [0.05, 0.1) is 18.7 Å². The Hall–Kier alpha value is -1.44. The zero-order valence-electron chi connectivity index (χ0n) is 11.9. The third-order valence-electron chi connectivity index (χ3n) is 2.85. The van der Waals surface area contributed by atoms with E-state index in [1.807, 2.05) is 18.2 Å². The molecule has 0 spiro atoms. The van der Waals surface area contributed by atoms with E-state index in [0.29, 0.717) is 40.5 Å². The van der Waals surface area contributed by atoms with E-state index >= 15 is 0 Å². The number of halogens is 1. The maximum absolute atomic E-state index is 6.10. The van der Waals surface area contributed by atoms with Crippen molar-refractivity contribution in [2.75, 3.05) is 26.7 Å². The van der Waals surface area contributed by atoms with Crippen molar-refractivity contribution in [3.05, 3.63) is 34.6 Å². The third-order valence-corrected chi connectivity index (χ3v) is 4.16. The number of methoxy groups -OCH3 is 2. The minimum Gasteiger partial charge on any atom is -0.495 e. The summed E-state index contributed by atoms with van der Waals surface area (Å²) in [6, 6.07) is 5.67.